The van der Waals surface area contributed by atoms with E-state index in [1.807, 2.05) is 61.2 Å². The van der Waals surface area contributed by atoms with Crippen LogP contribution in [-0.2, 0) is 9.53 Å². The van der Waals surface area contributed by atoms with Gasteiger partial charge in [-0.15, -0.1) is 0 Å². The Balaban J connectivity index is 1.68. The molecular formula is C27H35N3O4. The zero-order chi connectivity index (χ0) is 24.5. The lowest BCUT2D eigenvalue weighted by molar-refractivity contribution is -0.124. The maximum atomic E-state index is 13.1. The molecule has 3 amide bonds. The second kappa shape index (κ2) is 12.3. The molecule has 1 fully saturated rings. The van der Waals surface area contributed by atoms with Gasteiger partial charge in [-0.2, -0.15) is 0 Å². The van der Waals surface area contributed by atoms with Crippen molar-refractivity contribution in [1.29, 1.82) is 0 Å². The van der Waals surface area contributed by atoms with Gasteiger partial charge in [0.25, 0.3) is 11.8 Å². The normalized spacial score (nSPS) is 15.0. The molecule has 182 valence electrons. The van der Waals surface area contributed by atoms with Crippen LogP contribution >= 0.6 is 0 Å². The summed E-state index contributed by atoms with van der Waals surface area (Å²) in [5.41, 5.74) is 3.15. The van der Waals surface area contributed by atoms with E-state index in [0.29, 0.717) is 56.6 Å². The maximum Gasteiger partial charge on any atom is 0.253 e. The minimum absolute atomic E-state index is 0.00617. The van der Waals surface area contributed by atoms with Crippen LogP contribution in [0.5, 0.6) is 0 Å². The molecule has 1 atom stereocenters. The summed E-state index contributed by atoms with van der Waals surface area (Å²) >= 11 is 0. The van der Waals surface area contributed by atoms with Crippen LogP contribution in [0.25, 0.3) is 0 Å². The Morgan fingerprint density at radius 3 is 2.47 bits per heavy atom. The molecule has 3 rings (SSSR count). The Morgan fingerprint density at radius 2 is 1.79 bits per heavy atom. The number of nitrogens with one attached hydrogen (secondary N) is 2. The summed E-state index contributed by atoms with van der Waals surface area (Å²) in [7, 11) is 1.62. The zero-order valence-corrected chi connectivity index (χ0v) is 20.3. The van der Waals surface area contributed by atoms with Crippen molar-refractivity contribution >= 4 is 17.7 Å². The topological polar surface area (TPSA) is 87.7 Å². The molecular weight excluding hydrogens is 430 g/mol. The number of rotatable bonds is 9. The van der Waals surface area contributed by atoms with Crippen molar-refractivity contribution in [3.63, 3.8) is 0 Å². The first kappa shape index (κ1) is 25.4. The quantitative estimate of drug-likeness (QED) is 0.557. The number of aryl methyl sites for hydroxylation is 2. The summed E-state index contributed by atoms with van der Waals surface area (Å²) in [5, 5.41) is 5.92. The van der Waals surface area contributed by atoms with Crippen molar-refractivity contribution < 1.29 is 19.1 Å². The highest BCUT2D eigenvalue weighted by atomic mass is 16.5. The van der Waals surface area contributed by atoms with E-state index in [9.17, 15) is 14.4 Å². The molecule has 0 unspecified atom stereocenters. The number of benzene rings is 2. The smallest absolute Gasteiger partial charge is 0.253 e. The molecule has 7 heteroatoms. The van der Waals surface area contributed by atoms with Crippen molar-refractivity contribution in [2.75, 3.05) is 33.4 Å². The summed E-state index contributed by atoms with van der Waals surface area (Å²) in [4.78, 5) is 40.9. The Morgan fingerprint density at radius 1 is 1.06 bits per heavy atom. The van der Waals surface area contributed by atoms with Crippen LogP contribution < -0.4 is 10.6 Å². The van der Waals surface area contributed by atoms with Crippen molar-refractivity contribution in [3.05, 3.63) is 70.8 Å². The second-order valence-corrected chi connectivity index (χ2v) is 8.90. The highest BCUT2D eigenvalue weighted by Gasteiger charge is 2.34. The third kappa shape index (κ3) is 6.67. The number of ether oxygens (including phenoxy) is 1. The van der Waals surface area contributed by atoms with Gasteiger partial charge in [-0.1, -0.05) is 35.9 Å². The zero-order valence-electron chi connectivity index (χ0n) is 20.3. The molecule has 7 nitrogen and oxygen atoms in total. The van der Waals surface area contributed by atoms with Gasteiger partial charge in [0.1, 0.15) is 6.04 Å². The average Bonchev–Trinajstić information content (AvgIpc) is 2.85. The number of carbonyl (C=O) groups is 3. The van der Waals surface area contributed by atoms with Gasteiger partial charge < -0.3 is 20.3 Å². The fourth-order valence-corrected chi connectivity index (χ4v) is 4.38. The lowest BCUT2D eigenvalue weighted by atomic mass is 9.88. The lowest BCUT2D eigenvalue weighted by Gasteiger charge is -2.36. The molecule has 34 heavy (non-hydrogen) atoms. The van der Waals surface area contributed by atoms with Crippen LogP contribution in [-0.4, -0.2) is 62.0 Å². The Labute approximate surface area is 201 Å². The van der Waals surface area contributed by atoms with Crippen LogP contribution in [0.2, 0.25) is 0 Å². The first-order chi connectivity index (χ1) is 16.4. The minimum atomic E-state index is -0.661. The molecule has 2 aromatic carbocycles. The SMILES string of the molecule is COCCCNC(=O)[C@H](NC(=O)c1ccccc1C)C1CCN(C(=O)c2cccc(C)c2)CC1. The number of hydrogen-bond donors (Lipinski definition) is 2. The predicted molar refractivity (Wildman–Crippen MR) is 132 cm³/mol. The summed E-state index contributed by atoms with van der Waals surface area (Å²) in [6, 6.07) is 14.3. The third-order valence-corrected chi connectivity index (χ3v) is 6.35. The van der Waals surface area contributed by atoms with E-state index in [1.165, 1.54) is 0 Å². The first-order valence-electron chi connectivity index (χ1n) is 11.9. The van der Waals surface area contributed by atoms with Gasteiger partial charge in [-0.25, -0.2) is 0 Å². The molecule has 1 aliphatic heterocycles. The van der Waals surface area contributed by atoms with Crippen LogP contribution in [0.15, 0.2) is 48.5 Å². The molecule has 1 aliphatic rings. The minimum Gasteiger partial charge on any atom is -0.385 e. The van der Waals surface area contributed by atoms with Gasteiger partial charge in [0, 0.05) is 44.5 Å². The van der Waals surface area contributed by atoms with Crippen LogP contribution in [0.1, 0.15) is 51.1 Å². The van der Waals surface area contributed by atoms with E-state index in [2.05, 4.69) is 10.6 Å². The van der Waals surface area contributed by atoms with Gasteiger partial charge in [0.15, 0.2) is 0 Å². The fraction of sp³-hybridized carbons (Fsp3) is 0.444. The molecule has 0 aliphatic carbocycles. The van der Waals surface area contributed by atoms with E-state index < -0.39 is 6.04 Å². The number of amides is 3. The number of likely N-dealkylation sites (tertiary alicyclic amines) is 1. The number of carbonyl (C=O) groups excluding carboxylic acids is 3. The van der Waals surface area contributed by atoms with Gasteiger partial charge in [-0.3, -0.25) is 14.4 Å². The Kier molecular flexibility index (Phi) is 9.22. The van der Waals surface area contributed by atoms with Crippen LogP contribution in [0.3, 0.4) is 0 Å². The van der Waals surface area contributed by atoms with Crippen LogP contribution in [0, 0.1) is 19.8 Å². The van der Waals surface area contributed by atoms with Crippen molar-refractivity contribution in [3.8, 4) is 0 Å². The van der Waals surface area contributed by atoms with Crippen molar-refractivity contribution in [2.24, 2.45) is 5.92 Å². The molecule has 2 aromatic rings. The molecule has 0 radical (unpaired) electrons. The molecule has 0 saturated carbocycles. The first-order valence-corrected chi connectivity index (χ1v) is 11.9. The van der Waals surface area contributed by atoms with E-state index >= 15 is 0 Å². The average molecular weight is 466 g/mol. The monoisotopic (exact) mass is 465 g/mol. The van der Waals surface area contributed by atoms with Gasteiger partial charge >= 0.3 is 0 Å². The molecule has 0 bridgehead atoms. The molecule has 1 saturated heterocycles. The molecule has 1 heterocycles. The highest BCUT2D eigenvalue weighted by Crippen LogP contribution is 2.23. The summed E-state index contributed by atoms with van der Waals surface area (Å²) in [6.07, 6.45) is 1.98. The Bertz CT molecular complexity index is 999. The number of methoxy groups -OCH3 is 1. The maximum absolute atomic E-state index is 13.1. The van der Waals surface area contributed by atoms with E-state index in [-0.39, 0.29) is 23.6 Å². The molecule has 0 aromatic heterocycles. The fourth-order valence-electron chi connectivity index (χ4n) is 4.38. The summed E-state index contributed by atoms with van der Waals surface area (Å²) in [5.74, 6) is -0.501. The summed E-state index contributed by atoms with van der Waals surface area (Å²) in [6.45, 7) is 5.98. The number of hydrogen-bond acceptors (Lipinski definition) is 4. The standard InChI is InChI=1S/C27H35N3O4/c1-19-8-6-10-22(18-19)27(33)30-15-12-21(13-16-30)24(26(32)28-14-7-17-34-3)29-25(31)23-11-5-4-9-20(23)2/h4-6,8-11,18,21,24H,7,12-17H2,1-3H3,(H,28,32)(H,29,31)/t24-/m1/s1. The largest absolute Gasteiger partial charge is 0.385 e. The van der Waals surface area contributed by atoms with Gasteiger partial charge in [0.05, 0.1) is 0 Å². The number of nitrogens with zero attached hydrogens (tertiary/aromatic N) is 1. The lowest BCUT2D eigenvalue weighted by Crippen LogP contribution is -2.54. The van der Waals surface area contributed by atoms with Crippen molar-refractivity contribution in [1.82, 2.24) is 15.5 Å². The van der Waals surface area contributed by atoms with Crippen molar-refractivity contribution in [2.45, 2.75) is 39.2 Å². The molecule has 0 spiro atoms. The number of piperidine rings is 1. The van der Waals surface area contributed by atoms with E-state index in [0.717, 1.165) is 11.1 Å². The third-order valence-electron chi connectivity index (χ3n) is 6.35. The summed E-state index contributed by atoms with van der Waals surface area (Å²) < 4.78 is 5.06. The highest BCUT2D eigenvalue weighted by molar-refractivity contribution is 5.98. The van der Waals surface area contributed by atoms with E-state index in [4.69, 9.17) is 4.74 Å². The van der Waals surface area contributed by atoms with E-state index in [1.54, 1.807) is 13.2 Å². The predicted octanol–water partition coefficient (Wildman–Crippen LogP) is 3.11. The van der Waals surface area contributed by atoms with Crippen LogP contribution in [0.4, 0.5) is 0 Å². The second-order valence-electron chi connectivity index (χ2n) is 8.90. The van der Waals surface area contributed by atoms with Gasteiger partial charge in [0.2, 0.25) is 5.91 Å². The van der Waals surface area contributed by atoms with Gasteiger partial charge in [-0.05, 0) is 62.8 Å². The molecule has 2 N–H and O–H groups in total. The Hall–Kier alpha value is -3.19.